The molecule has 80 valence electrons. The summed E-state index contributed by atoms with van der Waals surface area (Å²) >= 11 is 0. The minimum absolute atomic E-state index is 0.132. The van der Waals surface area contributed by atoms with Gasteiger partial charge in [0.25, 0.3) is 5.72 Å². The highest BCUT2D eigenvalue weighted by molar-refractivity contribution is 5.74. The van der Waals surface area contributed by atoms with E-state index in [-0.39, 0.29) is 5.01 Å². The summed E-state index contributed by atoms with van der Waals surface area (Å²) in [4.78, 5) is 10.8. The van der Waals surface area contributed by atoms with Crippen molar-refractivity contribution in [1.29, 1.82) is 0 Å². The lowest BCUT2D eigenvalue weighted by atomic mass is 10.1. The highest BCUT2D eigenvalue weighted by Gasteiger charge is 2.62. The van der Waals surface area contributed by atoms with E-state index < -0.39 is 24.4 Å². The lowest BCUT2D eigenvalue weighted by Gasteiger charge is -2.31. The number of halogens is 3. The molecule has 5 nitrogen and oxygen atoms in total. The van der Waals surface area contributed by atoms with Crippen molar-refractivity contribution in [3.05, 3.63) is 0 Å². The number of aliphatic hydroxyl groups is 1. The first-order chi connectivity index (χ1) is 6.33. The molecule has 0 spiro atoms. The molecule has 1 aliphatic rings. The molecule has 8 heteroatoms. The fourth-order valence-electron chi connectivity index (χ4n) is 0.952. The number of hydrogen-bond acceptors (Lipinski definition) is 4. The molecule has 1 amide bonds. The van der Waals surface area contributed by atoms with Gasteiger partial charge in [0.1, 0.15) is 0 Å². The van der Waals surface area contributed by atoms with Gasteiger partial charge >= 0.3 is 12.3 Å². The van der Waals surface area contributed by atoms with E-state index in [9.17, 15) is 18.0 Å². The SMILES string of the molecule is COC(=O)N1N=CCC1(O)C(F)(F)F. The lowest BCUT2D eigenvalue weighted by molar-refractivity contribution is -0.299. The van der Waals surface area contributed by atoms with Crippen molar-refractivity contribution < 1.29 is 27.8 Å². The number of hydrazone groups is 1. The van der Waals surface area contributed by atoms with Crippen molar-refractivity contribution in [2.45, 2.75) is 18.3 Å². The van der Waals surface area contributed by atoms with Crippen LogP contribution in [0.5, 0.6) is 0 Å². The summed E-state index contributed by atoms with van der Waals surface area (Å²) in [5.74, 6) is 0. The topological polar surface area (TPSA) is 62.1 Å². The molecular weight excluding hydrogens is 205 g/mol. The average molecular weight is 212 g/mol. The van der Waals surface area contributed by atoms with Crippen LogP contribution in [-0.2, 0) is 4.74 Å². The normalized spacial score (nSPS) is 26.8. The summed E-state index contributed by atoms with van der Waals surface area (Å²) in [6.45, 7) is 0. The van der Waals surface area contributed by atoms with Crippen molar-refractivity contribution >= 4 is 12.3 Å². The standard InChI is InChI=1S/C6H7F3N2O3/c1-14-4(12)11-5(13,2-3-10-11)6(7,8)9/h3,13H,2H2,1H3. The van der Waals surface area contributed by atoms with Gasteiger partial charge in [0.05, 0.1) is 7.11 Å². The van der Waals surface area contributed by atoms with Crippen LogP contribution in [-0.4, -0.2) is 41.4 Å². The molecule has 1 heterocycles. The van der Waals surface area contributed by atoms with Crippen LogP contribution in [0.1, 0.15) is 6.42 Å². The molecule has 0 aliphatic carbocycles. The fourth-order valence-corrected chi connectivity index (χ4v) is 0.952. The molecule has 1 N–H and O–H groups in total. The third-order valence-electron chi connectivity index (χ3n) is 1.72. The monoisotopic (exact) mass is 212 g/mol. The smallest absolute Gasteiger partial charge is 0.439 e. The van der Waals surface area contributed by atoms with Gasteiger partial charge in [-0.15, -0.1) is 0 Å². The zero-order chi connectivity index (χ0) is 11.0. The second-order valence-corrected chi connectivity index (χ2v) is 2.60. The van der Waals surface area contributed by atoms with Crippen LogP contribution in [0.4, 0.5) is 18.0 Å². The second-order valence-electron chi connectivity index (χ2n) is 2.60. The summed E-state index contributed by atoms with van der Waals surface area (Å²) < 4.78 is 41.0. The minimum atomic E-state index is -4.97. The highest BCUT2D eigenvalue weighted by atomic mass is 19.4. The Morgan fingerprint density at radius 2 is 2.29 bits per heavy atom. The number of alkyl halides is 3. The third kappa shape index (κ3) is 1.41. The first kappa shape index (κ1) is 10.8. The maximum Gasteiger partial charge on any atom is 0.439 e. The molecule has 1 atom stereocenters. The van der Waals surface area contributed by atoms with E-state index in [0.29, 0.717) is 0 Å². The van der Waals surface area contributed by atoms with E-state index in [2.05, 4.69) is 9.84 Å². The van der Waals surface area contributed by atoms with Gasteiger partial charge in [-0.3, -0.25) is 0 Å². The Balaban J connectivity index is 2.96. The molecule has 0 fully saturated rings. The van der Waals surface area contributed by atoms with Gasteiger partial charge in [-0.25, -0.2) is 4.79 Å². The number of rotatable bonds is 0. The molecule has 14 heavy (non-hydrogen) atoms. The first-order valence-electron chi connectivity index (χ1n) is 3.52. The van der Waals surface area contributed by atoms with E-state index in [1.165, 1.54) is 0 Å². The zero-order valence-corrected chi connectivity index (χ0v) is 7.08. The molecule has 0 aromatic rings. The van der Waals surface area contributed by atoms with Gasteiger partial charge in [0.15, 0.2) is 0 Å². The van der Waals surface area contributed by atoms with E-state index >= 15 is 0 Å². The Kier molecular flexibility index (Phi) is 2.40. The Bertz CT molecular complexity index is 278. The van der Waals surface area contributed by atoms with Gasteiger partial charge in [-0.05, 0) is 0 Å². The average Bonchev–Trinajstić information content (AvgIpc) is 2.46. The highest BCUT2D eigenvalue weighted by Crippen LogP contribution is 2.38. The number of nitrogens with zero attached hydrogens (tertiary/aromatic N) is 2. The van der Waals surface area contributed by atoms with E-state index in [4.69, 9.17) is 5.11 Å². The molecule has 1 rings (SSSR count). The number of amides is 1. The molecule has 1 aliphatic heterocycles. The fraction of sp³-hybridized carbons (Fsp3) is 0.667. The van der Waals surface area contributed by atoms with Crippen molar-refractivity contribution in [3.8, 4) is 0 Å². The molecule has 0 bridgehead atoms. The second kappa shape index (κ2) is 3.12. The van der Waals surface area contributed by atoms with Gasteiger partial charge in [0.2, 0.25) is 0 Å². The van der Waals surface area contributed by atoms with E-state index in [0.717, 1.165) is 13.3 Å². The quantitative estimate of drug-likeness (QED) is 0.642. The Morgan fingerprint density at radius 3 is 2.71 bits per heavy atom. The number of carbonyl (C=O) groups is 1. The lowest BCUT2D eigenvalue weighted by Crippen LogP contribution is -2.56. The van der Waals surface area contributed by atoms with Crippen molar-refractivity contribution in [2.24, 2.45) is 5.10 Å². The largest absolute Gasteiger partial charge is 0.451 e. The van der Waals surface area contributed by atoms with Crippen LogP contribution in [0.15, 0.2) is 5.10 Å². The Hall–Kier alpha value is -1.31. The van der Waals surface area contributed by atoms with Crippen LogP contribution < -0.4 is 0 Å². The number of methoxy groups -OCH3 is 1. The minimum Gasteiger partial charge on any atom is -0.451 e. The van der Waals surface area contributed by atoms with Crippen LogP contribution in [0, 0.1) is 0 Å². The van der Waals surface area contributed by atoms with Gasteiger partial charge < -0.3 is 9.84 Å². The van der Waals surface area contributed by atoms with Gasteiger partial charge in [0, 0.05) is 12.6 Å². The number of hydrogen-bond donors (Lipinski definition) is 1. The molecule has 0 aromatic heterocycles. The molecule has 0 saturated heterocycles. The van der Waals surface area contributed by atoms with Crippen molar-refractivity contribution in [3.63, 3.8) is 0 Å². The number of ether oxygens (including phenoxy) is 1. The van der Waals surface area contributed by atoms with E-state index in [1.807, 2.05) is 0 Å². The van der Waals surface area contributed by atoms with Crippen LogP contribution >= 0.6 is 0 Å². The van der Waals surface area contributed by atoms with Crippen LogP contribution in [0.3, 0.4) is 0 Å². The Labute approximate surface area is 76.7 Å². The van der Waals surface area contributed by atoms with Gasteiger partial charge in [-0.2, -0.15) is 23.3 Å². The molecule has 0 saturated carbocycles. The third-order valence-corrected chi connectivity index (χ3v) is 1.72. The summed E-state index contributed by atoms with van der Waals surface area (Å²) in [6, 6.07) is 0. The maximum atomic E-state index is 12.3. The van der Waals surface area contributed by atoms with Crippen molar-refractivity contribution in [1.82, 2.24) is 5.01 Å². The van der Waals surface area contributed by atoms with Gasteiger partial charge in [-0.1, -0.05) is 0 Å². The maximum absolute atomic E-state index is 12.3. The van der Waals surface area contributed by atoms with Crippen LogP contribution in [0.2, 0.25) is 0 Å². The molecule has 1 unspecified atom stereocenters. The van der Waals surface area contributed by atoms with Crippen molar-refractivity contribution in [2.75, 3.05) is 7.11 Å². The summed E-state index contributed by atoms with van der Waals surface area (Å²) in [5, 5.41) is 12.1. The summed E-state index contributed by atoms with van der Waals surface area (Å²) in [7, 11) is 0.896. The zero-order valence-electron chi connectivity index (χ0n) is 7.08. The van der Waals surface area contributed by atoms with E-state index in [1.54, 1.807) is 0 Å². The predicted molar refractivity (Wildman–Crippen MR) is 38.4 cm³/mol. The molecule has 0 radical (unpaired) electrons. The molecular formula is C6H7F3N2O3. The first-order valence-corrected chi connectivity index (χ1v) is 3.52. The molecule has 0 aromatic carbocycles. The number of carbonyl (C=O) groups excluding carboxylic acids is 1. The summed E-state index contributed by atoms with van der Waals surface area (Å²) in [5.41, 5.74) is -3.29. The Morgan fingerprint density at radius 1 is 1.71 bits per heavy atom. The summed E-state index contributed by atoms with van der Waals surface area (Å²) in [6.07, 6.45) is -6.34. The van der Waals surface area contributed by atoms with Crippen LogP contribution in [0.25, 0.3) is 0 Å². The predicted octanol–water partition coefficient (Wildman–Crippen LogP) is 0.695.